The van der Waals surface area contributed by atoms with E-state index in [9.17, 15) is 4.79 Å². The van der Waals surface area contributed by atoms with Gasteiger partial charge in [0.1, 0.15) is 6.61 Å². The van der Waals surface area contributed by atoms with Gasteiger partial charge in [-0.2, -0.15) is 5.10 Å². The zero-order valence-electron chi connectivity index (χ0n) is 14.7. The lowest BCUT2D eigenvalue weighted by atomic mass is 10.1. The summed E-state index contributed by atoms with van der Waals surface area (Å²) in [5.74, 6) is 1.53. The quantitative estimate of drug-likeness (QED) is 0.716. The molecule has 3 heterocycles. The minimum Gasteiger partial charge on any atom is -0.377 e. The molecule has 1 aliphatic rings. The standard InChI is InChI=1S/C18H20N6O2/c1-13-10-22(11-16-20-21-17(12-26-2)24(13)16)18(25)14-6-3-4-7-15(14)23-9-5-8-19-23/h3-9,13H,10-12H2,1-2H3/t13-/m0/s1. The fourth-order valence-corrected chi connectivity index (χ4v) is 3.43. The van der Waals surface area contributed by atoms with Crippen LogP contribution in [-0.4, -0.2) is 49.0 Å². The molecule has 1 aliphatic heterocycles. The molecule has 8 heteroatoms. The second-order valence-electron chi connectivity index (χ2n) is 6.34. The molecule has 4 rings (SSSR count). The number of amides is 1. The molecule has 3 aromatic rings. The first-order valence-electron chi connectivity index (χ1n) is 8.49. The first-order valence-corrected chi connectivity index (χ1v) is 8.49. The molecule has 0 radical (unpaired) electrons. The van der Waals surface area contributed by atoms with Crippen LogP contribution in [0.3, 0.4) is 0 Å². The number of aromatic nitrogens is 5. The Balaban J connectivity index is 1.64. The third-order valence-corrected chi connectivity index (χ3v) is 4.54. The zero-order chi connectivity index (χ0) is 18.1. The number of methoxy groups -OCH3 is 1. The Kier molecular flexibility index (Phi) is 4.26. The zero-order valence-corrected chi connectivity index (χ0v) is 14.7. The summed E-state index contributed by atoms with van der Waals surface area (Å²) in [5.41, 5.74) is 1.38. The van der Waals surface area contributed by atoms with Gasteiger partial charge in [0, 0.05) is 26.0 Å². The lowest BCUT2D eigenvalue weighted by Crippen LogP contribution is -2.41. The molecule has 0 N–H and O–H groups in total. The Bertz CT molecular complexity index is 918. The van der Waals surface area contributed by atoms with Crippen molar-refractivity contribution >= 4 is 5.91 Å². The summed E-state index contributed by atoms with van der Waals surface area (Å²) in [4.78, 5) is 15.0. The molecule has 0 spiro atoms. The van der Waals surface area contributed by atoms with E-state index in [1.165, 1.54) is 0 Å². The van der Waals surface area contributed by atoms with Crippen LogP contribution < -0.4 is 0 Å². The first kappa shape index (κ1) is 16.5. The van der Waals surface area contributed by atoms with Crippen LogP contribution in [0.4, 0.5) is 0 Å². The van der Waals surface area contributed by atoms with Crippen molar-refractivity contribution in [3.63, 3.8) is 0 Å². The molecule has 26 heavy (non-hydrogen) atoms. The van der Waals surface area contributed by atoms with Gasteiger partial charge in [0.2, 0.25) is 0 Å². The van der Waals surface area contributed by atoms with Crippen LogP contribution in [0.15, 0.2) is 42.7 Å². The number of para-hydroxylation sites is 1. The van der Waals surface area contributed by atoms with E-state index in [2.05, 4.69) is 26.8 Å². The molecule has 8 nitrogen and oxygen atoms in total. The highest BCUT2D eigenvalue weighted by atomic mass is 16.5. The number of carbonyl (C=O) groups excluding carboxylic acids is 1. The number of fused-ring (bicyclic) bond motifs is 1. The minimum atomic E-state index is -0.0366. The van der Waals surface area contributed by atoms with Crippen LogP contribution in [-0.2, 0) is 17.9 Å². The SMILES string of the molecule is COCc1nnc2n1[C@@H](C)CN(C(=O)c1ccccc1-n1cccn1)C2. The second-order valence-corrected chi connectivity index (χ2v) is 6.34. The average molecular weight is 352 g/mol. The number of nitrogens with zero attached hydrogens (tertiary/aromatic N) is 6. The summed E-state index contributed by atoms with van der Waals surface area (Å²) in [6, 6.07) is 9.42. The molecule has 0 unspecified atom stereocenters. The molecule has 134 valence electrons. The molecule has 0 fully saturated rings. The maximum absolute atomic E-state index is 13.2. The van der Waals surface area contributed by atoms with Crippen LogP contribution in [0, 0.1) is 0 Å². The van der Waals surface area contributed by atoms with Gasteiger partial charge in [-0.15, -0.1) is 10.2 Å². The highest BCUT2D eigenvalue weighted by Gasteiger charge is 2.30. The second kappa shape index (κ2) is 6.72. The highest BCUT2D eigenvalue weighted by molar-refractivity contribution is 5.97. The van der Waals surface area contributed by atoms with Gasteiger partial charge >= 0.3 is 0 Å². The van der Waals surface area contributed by atoms with E-state index in [1.54, 1.807) is 18.0 Å². The van der Waals surface area contributed by atoms with E-state index in [0.29, 0.717) is 25.3 Å². The van der Waals surface area contributed by atoms with Crippen molar-refractivity contribution in [2.75, 3.05) is 13.7 Å². The van der Waals surface area contributed by atoms with E-state index in [1.807, 2.05) is 41.4 Å². The van der Waals surface area contributed by atoms with E-state index < -0.39 is 0 Å². The Morgan fingerprint density at radius 1 is 1.27 bits per heavy atom. The van der Waals surface area contributed by atoms with Crippen LogP contribution in [0.1, 0.15) is 35.0 Å². The number of benzene rings is 1. The Morgan fingerprint density at radius 2 is 2.12 bits per heavy atom. The van der Waals surface area contributed by atoms with E-state index >= 15 is 0 Å². The van der Waals surface area contributed by atoms with Crippen molar-refractivity contribution in [1.29, 1.82) is 0 Å². The van der Waals surface area contributed by atoms with Crippen molar-refractivity contribution < 1.29 is 9.53 Å². The van der Waals surface area contributed by atoms with Gasteiger partial charge in [-0.05, 0) is 25.1 Å². The van der Waals surface area contributed by atoms with Gasteiger partial charge in [0.05, 0.1) is 23.8 Å². The van der Waals surface area contributed by atoms with Gasteiger partial charge in [-0.1, -0.05) is 12.1 Å². The highest BCUT2D eigenvalue weighted by Crippen LogP contribution is 2.25. The van der Waals surface area contributed by atoms with Crippen LogP contribution in [0.5, 0.6) is 0 Å². The number of carbonyl (C=O) groups is 1. The van der Waals surface area contributed by atoms with Crippen molar-refractivity contribution in [3.05, 3.63) is 59.9 Å². The molecular weight excluding hydrogens is 332 g/mol. The van der Waals surface area contributed by atoms with Gasteiger partial charge in [0.15, 0.2) is 11.6 Å². The predicted octanol–water partition coefficient (Wildman–Crippen LogP) is 1.83. The molecule has 0 saturated carbocycles. The summed E-state index contributed by atoms with van der Waals surface area (Å²) in [6.45, 7) is 3.49. The first-order chi connectivity index (χ1) is 12.7. The van der Waals surface area contributed by atoms with Gasteiger partial charge in [-0.25, -0.2) is 4.68 Å². The van der Waals surface area contributed by atoms with Crippen molar-refractivity contribution in [1.82, 2.24) is 29.4 Å². The molecule has 0 bridgehead atoms. The number of hydrogen-bond donors (Lipinski definition) is 0. The molecule has 0 aliphatic carbocycles. The van der Waals surface area contributed by atoms with Gasteiger partial charge in [-0.3, -0.25) is 4.79 Å². The van der Waals surface area contributed by atoms with Crippen LogP contribution >= 0.6 is 0 Å². The maximum Gasteiger partial charge on any atom is 0.256 e. The van der Waals surface area contributed by atoms with E-state index in [-0.39, 0.29) is 11.9 Å². The summed E-state index contributed by atoms with van der Waals surface area (Å²) in [6.07, 6.45) is 3.53. The Labute approximate surface area is 151 Å². The smallest absolute Gasteiger partial charge is 0.256 e. The average Bonchev–Trinajstić information content (AvgIpc) is 3.32. The van der Waals surface area contributed by atoms with Crippen LogP contribution in [0.25, 0.3) is 5.69 Å². The third kappa shape index (κ3) is 2.78. The lowest BCUT2D eigenvalue weighted by Gasteiger charge is -2.33. The molecule has 1 atom stereocenters. The maximum atomic E-state index is 13.2. The molecule has 1 aromatic carbocycles. The van der Waals surface area contributed by atoms with Crippen molar-refractivity contribution in [2.24, 2.45) is 0 Å². The fraction of sp³-hybridized carbons (Fsp3) is 0.333. The summed E-state index contributed by atoms with van der Waals surface area (Å²) in [7, 11) is 1.64. The lowest BCUT2D eigenvalue weighted by molar-refractivity contribution is 0.0675. The molecule has 2 aromatic heterocycles. The van der Waals surface area contributed by atoms with Crippen molar-refractivity contribution in [2.45, 2.75) is 26.1 Å². The summed E-state index contributed by atoms with van der Waals surface area (Å²) < 4.78 is 8.96. The number of rotatable bonds is 4. The monoisotopic (exact) mass is 352 g/mol. The summed E-state index contributed by atoms with van der Waals surface area (Å²) in [5, 5.41) is 12.7. The van der Waals surface area contributed by atoms with Gasteiger partial charge < -0.3 is 14.2 Å². The number of ether oxygens (including phenoxy) is 1. The summed E-state index contributed by atoms with van der Waals surface area (Å²) >= 11 is 0. The largest absolute Gasteiger partial charge is 0.377 e. The van der Waals surface area contributed by atoms with E-state index in [0.717, 1.165) is 17.3 Å². The fourth-order valence-electron chi connectivity index (χ4n) is 3.43. The molecule has 1 amide bonds. The molecule has 0 saturated heterocycles. The van der Waals surface area contributed by atoms with Crippen LogP contribution in [0.2, 0.25) is 0 Å². The number of hydrogen-bond acceptors (Lipinski definition) is 5. The normalized spacial score (nSPS) is 16.5. The Hall–Kier alpha value is -3.00. The third-order valence-electron chi connectivity index (χ3n) is 4.54. The molecular formula is C18H20N6O2. The Morgan fingerprint density at radius 3 is 2.88 bits per heavy atom. The predicted molar refractivity (Wildman–Crippen MR) is 93.8 cm³/mol. The van der Waals surface area contributed by atoms with E-state index in [4.69, 9.17) is 4.74 Å². The minimum absolute atomic E-state index is 0.0366. The van der Waals surface area contributed by atoms with Gasteiger partial charge in [0.25, 0.3) is 5.91 Å². The topological polar surface area (TPSA) is 78.1 Å². The van der Waals surface area contributed by atoms with Crippen molar-refractivity contribution in [3.8, 4) is 5.69 Å².